The normalized spacial score (nSPS) is 11.2. The van der Waals surface area contributed by atoms with E-state index in [1.807, 2.05) is 0 Å². The van der Waals surface area contributed by atoms with Crippen LogP contribution >= 0.6 is 0 Å². The number of carbonyl (C=O) groups is 3. The molecule has 0 aliphatic heterocycles. The summed E-state index contributed by atoms with van der Waals surface area (Å²) in [7, 11) is 4.28. The Kier molecular flexibility index (Phi) is 6.84. The number of carbonyl (C=O) groups excluding carboxylic acids is 3. The van der Waals surface area contributed by atoms with E-state index in [1.165, 1.54) is 40.4 Å². The molecule has 0 aromatic heterocycles. The minimum atomic E-state index is -0.976. The summed E-state index contributed by atoms with van der Waals surface area (Å²) in [6, 6.07) is 1.91. The molecule has 0 aliphatic carbocycles. The van der Waals surface area contributed by atoms with Crippen LogP contribution < -0.4 is 25.3 Å². The standard InChI is InChI=1S/C15H20N2O7/c1-8(15(20)24-7-12(16)18)17-14(19)9-5-10(21-2)13(23-4)11(6-9)22-3/h5-6,8H,7H2,1-4H3,(H2,16,18)(H,17,19)/t8-/m0/s1. The van der Waals surface area contributed by atoms with Crippen molar-refractivity contribution in [3.8, 4) is 17.2 Å². The van der Waals surface area contributed by atoms with Gasteiger partial charge >= 0.3 is 5.97 Å². The molecule has 0 unspecified atom stereocenters. The number of esters is 1. The molecule has 9 nitrogen and oxygen atoms in total. The molecule has 0 saturated heterocycles. The van der Waals surface area contributed by atoms with Crippen molar-refractivity contribution in [2.45, 2.75) is 13.0 Å². The second kappa shape index (κ2) is 8.61. The van der Waals surface area contributed by atoms with Crippen LogP contribution in [0.3, 0.4) is 0 Å². The largest absolute Gasteiger partial charge is 0.493 e. The summed E-state index contributed by atoms with van der Waals surface area (Å²) in [6.07, 6.45) is 0. The highest BCUT2D eigenvalue weighted by Gasteiger charge is 2.21. The summed E-state index contributed by atoms with van der Waals surface area (Å²) in [5.41, 5.74) is 5.07. The van der Waals surface area contributed by atoms with Gasteiger partial charge in [0.25, 0.3) is 11.8 Å². The Balaban J connectivity index is 2.91. The number of amides is 2. The summed E-state index contributed by atoms with van der Waals surface area (Å²) in [5.74, 6) is -1.19. The van der Waals surface area contributed by atoms with Gasteiger partial charge in [0.2, 0.25) is 5.75 Å². The van der Waals surface area contributed by atoms with Crippen molar-refractivity contribution in [3.63, 3.8) is 0 Å². The average molecular weight is 340 g/mol. The lowest BCUT2D eigenvalue weighted by Gasteiger charge is -2.16. The zero-order valence-corrected chi connectivity index (χ0v) is 13.9. The highest BCUT2D eigenvalue weighted by atomic mass is 16.5. The van der Waals surface area contributed by atoms with Gasteiger partial charge in [-0.25, -0.2) is 4.79 Å². The maximum Gasteiger partial charge on any atom is 0.328 e. The van der Waals surface area contributed by atoms with Gasteiger partial charge in [0.1, 0.15) is 6.04 Å². The Morgan fingerprint density at radius 3 is 2.04 bits per heavy atom. The molecule has 0 fully saturated rings. The fourth-order valence-electron chi connectivity index (χ4n) is 1.82. The molecule has 24 heavy (non-hydrogen) atoms. The third-order valence-electron chi connectivity index (χ3n) is 2.98. The number of benzene rings is 1. The van der Waals surface area contributed by atoms with Crippen LogP contribution in [0, 0.1) is 0 Å². The van der Waals surface area contributed by atoms with Crippen LogP contribution in [0.4, 0.5) is 0 Å². The number of hydrogen-bond donors (Lipinski definition) is 2. The predicted octanol–water partition coefficient (Wildman–Crippen LogP) is -0.141. The third kappa shape index (κ3) is 4.77. The first kappa shape index (κ1) is 19.1. The van der Waals surface area contributed by atoms with E-state index >= 15 is 0 Å². The zero-order valence-electron chi connectivity index (χ0n) is 13.9. The SMILES string of the molecule is COc1cc(C(=O)N[C@@H](C)C(=O)OCC(N)=O)cc(OC)c1OC. The minimum Gasteiger partial charge on any atom is -0.493 e. The van der Waals surface area contributed by atoms with Gasteiger partial charge in [-0.15, -0.1) is 0 Å². The van der Waals surface area contributed by atoms with Gasteiger partial charge in [-0.3, -0.25) is 9.59 Å². The Labute approximate surface area is 139 Å². The van der Waals surface area contributed by atoms with Gasteiger partial charge in [-0.05, 0) is 19.1 Å². The first-order valence-electron chi connectivity index (χ1n) is 6.89. The molecule has 132 valence electrons. The van der Waals surface area contributed by atoms with Gasteiger partial charge in [-0.2, -0.15) is 0 Å². The van der Waals surface area contributed by atoms with E-state index < -0.39 is 30.4 Å². The lowest BCUT2D eigenvalue weighted by atomic mass is 10.1. The summed E-state index contributed by atoms with van der Waals surface area (Å²) in [4.78, 5) is 34.5. The molecule has 0 radical (unpaired) electrons. The van der Waals surface area contributed by atoms with E-state index in [0.717, 1.165) is 0 Å². The maximum atomic E-state index is 12.3. The highest BCUT2D eigenvalue weighted by Crippen LogP contribution is 2.38. The number of ether oxygens (including phenoxy) is 4. The third-order valence-corrected chi connectivity index (χ3v) is 2.98. The number of primary amides is 1. The van der Waals surface area contributed by atoms with Gasteiger partial charge in [0.15, 0.2) is 18.1 Å². The quantitative estimate of drug-likeness (QED) is 0.631. The second-order valence-corrected chi connectivity index (χ2v) is 4.68. The lowest BCUT2D eigenvalue weighted by molar-refractivity contribution is -0.149. The van der Waals surface area contributed by atoms with E-state index in [-0.39, 0.29) is 5.56 Å². The van der Waals surface area contributed by atoms with Crippen molar-refractivity contribution in [1.29, 1.82) is 0 Å². The highest BCUT2D eigenvalue weighted by molar-refractivity contribution is 5.98. The van der Waals surface area contributed by atoms with Crippen molar-refractivity contribution >= 4 is 17.8 Å². The predicted molar refractivity (Wildman–Crippen MR) is 83.2 cm³/mol. The van der Waals surface area contributed by atoms with Gasteiger partial charge < -0.3 is 30.0 Å². The number of hydrogen-bond acceptors (Lipinski definition) is 7. The Bertz CT molecular complexity index is 605. The van der Waals surface area contributed by atoms with Crippen LogP contribution in [0.25, 0.3) is 0 Å². The van der Waals surface area contributed by atoms with Crippen LogP contribution in [0.5, 0.6) is 17.2 Å². The first-order chi connectivity index (χ1) is 11.3. The molecule has 2 amide bonds. The van der Waals surface area contributed by atoms with Gasteiger partial charge in [0, 0.05) is 5.56 Å². The molecule has 1 atom stereocenters. The average Bonchev–Trinajstić information content (AvgIpc) is 2.57. The molecular formula is C15H20N2O7. The Morgan fingerprint density at radius 2 is 1.62 bits per heavy atom. The Hall–Kier alpha value is -2.97. The monoisotopic (exact) mass is 340 g/mol. The summed E-state index contributed by atoms with van der Waals surface area (Å²) >= 11 is 0. The van der Waals surface area contributed by atoms with E-state index in [2.05, 4.69) is 10.1 Å². The minimum absolute atomic E-state index is 0.194. The van der Waals surface area contributed by atoms with Crippen LogP contribution in [-0.4, -0.2) is 51.8 Å². The molecule has 0 heterocycles. The smallest absolute Gasteiger partial charge is 0.328 e. The van der Waals surface area contributed by atoms with Crippen LogP contribution in [0.15, 0.2) is 12.1 Å². The van der Waals surface area contributed by atoms with Crippen LogP contribution in [0.2, 0.25) is 0 Å². The van der Waals surface area contributed by atoms with Crippen molar-refractivity contribution < 1.29 is 33.3 Å². The fourth-order valence-corrected chi connectivity index (χ4v) is 1.82. The molecule has 0 aliphatic rings. The number of rotatable bonds is 8. The van der Waals surface area contributed by atoms with Crippen LogP contribution in [-0.2, 0) is 14.3 Å². The van der Waals surface area contributed by atoms with Crippen molar-refractivity contribution in [1.82, 2.24) is 5.32 Å². The molecule has 0 bridgehead atoms. The molecule has 3 N–H and O–H groups in total. The summed E-state index contributed by atoms with van der Waals surface area (Å²) in [5, 5.41) is 2.44. The van der Waals surface area contributed by atoms with Gasteiger partial charge in [0.05, 0.1) is 21.3 Å². The molecule has 1 aromatic carbocycles. The molecule has 1 rings (SSSR count). The second-order valence-electron chi connectivity index (χ2n) is 4.68. The van der Waals surface area contributed by atoms with Crippen LogP contribution in [0.1, 0.15) is 17.3 Å². The number of nitrogens with two attached hydrogens (primary N) is 1. The summed E-state index contributed by atoms with van der Waals surface area (Å²) in [6.45, 7) is 0.864. The molecular weight excluding hydrogens is 320 g/mol. The number of methoxy groups -OCH3 is 3. The van der Waals surface area contributed by atoms with E-state index in [9.17, 15) is 14.4 Å². The van der Waals surface area contributed by atoms with Crippen molar-refractivity contribution in [3.05, 3.63) is 17.7 Å². The topological polar surface area (TPSA) is 126 Å². The fraction of sp³-hybridized carbons (Fsp3) is 0.400. The van der Waals surface area contributed by atoms with Crippen molar-refractivity contribution in [2.75, 3.05) is 27.9 Å². The zero-order chi connectivity index (χ0) is 18.3. The molecule has 0 spiro atoms. The van der Waals surface area contributed by atoms with E-state index in [4.69, 9.17) is 19.9 Å². The molecule has 9 heteroatoms. The Morgan fingerprint density at radius 1 is 1.08 bits per heavy atom. The summed E-state index contributed by atoms with van der Waals surface area (Å²) < 4.78 is 20.1. The first-order valence-corrected chi connectivity index (χ1v) is 6.89. The number of nitrogens with one attached hydrogen (secondary N) is 1. The molecule has 0 saturated carbocycles. The maximum absolute atomic E-state index is 12.3. The molecule has 1 aromatic rings. The lowest BCUT2D eigenvalue weighted by Crippen LogP contribution is -2.40. The van der Waals surface area contributed by atoms with E-state index in [1.54, 1.807) is 0 Å². The van der Waals surface area contributed by atoms with Gasteiger partial charge in [-0.1, -0.05) is 0 Å². The van der Waals surface area contributed by atoms with Crippen molar-refractivity contribution in [2.24, 2.45) is 5.73 Å². The van der Waals surface area contributed by atoms with E-state index in [0.29, 0.717) is 17.2 Å².